The number of nitriles is 1. The fourth-order valence-electron chi connectivity index (χ4n) is 3.48. The van der Waals surface area contributed by atoms with E-state index >= 15 is 0 Å². The lowest BCUT2D eigenvalue weighted by molar-refractivity contribution is 0.340. The number of hydrogen-bond acceptors (Lipinski definition) is 6. The number of aromatic nitrogens is 2. The van der Waals surface area contributed by atoms with Gasteiger partial charge < -0.3 is 15.2 Å². The summed E-state index contributed by atoms with van der Waals surface area (Å²) in [7, 11) is 0. The van der Waals surface area contributed by atoms with Crippen molar-refractivity contribution in [1.82, 2.24) is 10.2 Å². The third kappa shape index (κ3) is 3.43. The van der Waals surface area contributed by atoms with Gasteiger partial charge in [0.15, 0.2) is 0 Å². The van der Waals surface area contributed by atoms with Crippen molar-refractivity contribution in [2.45, 2.75) is 17.7 Å². The van der Waals surface area contributed by atoms with Gasteiger partial charge in [0.05, 0.1) is 23.8 Å². The van der Waals surface area contributed by atoms with E-state index in [0.29, 0.717) is 18.1 Å². The molecule has 1 aliphatic rings. The molecule has 0 saturated carbocycles. The highest BCUT2D eigenvalue weighted by Gasteiger charge is 2.35. The Morgan fingerprint density at radius 1 is 1.21 bits per heavy atom. The zero-order chi connectivity index (χ0) is 20.4. The Morgan fingerprint density at radius 3 is 2.55 bits per heavy atom. The first-order valence-corrected chi connectivity index (χ1v) is 10.4. The van der Waals surface area contributed by atoms with E-state index < -0.39 is 0 Å². The molecule has 7 heteroatoms. The number of H-pyrrole nitrogens is 1. The summed E-state index contributed by atoms with van der Waals surface area (Å²) in [4.78, 5) is 1.15. The summed E-state index contributed by atoms with van der Waals surface area (Å²) in [5.41, 5.74) is 9.91. The summed E-state index contributed by atoms with van der Waals surface area (Å²) in [6.45, 7) is 2.56. The van der Waals surface area contributed by atoms with Crippen LogP contribution in [-0.2, 0) is 0 Å². The number of nitrogens with one attached hydrogen (secondary N) is 1. The molecule has 2 aromatic carbocycles. The van der Waals surface area contributed by atoms with Gasteiger partial charge in [-0.15, -0.1) is 16.9 Å². The van der Waals surface area contributed by atoms with E-state index in [0.717, 1.165) is 33.0 Å². The fraction of sp³-hybridized carbons (Fsp3) is 0.182. The molecule has 1 atom stereocenters. The quantitative estimate of drug-likeness (QED) is 0.611. The van der Waals surface area contributed by atoms with Gasteiger partial charge in [-0.25, -0.2) is 0 Å². The molecule has 0 radical (unpaired) electrons. The number of allylic oxidation sites excluding steroid dienone is 1. The number of thioether (sulfide) groups is 1. The molecule has 0 fully saturated rings. The first-order chi connectivity index (χ1) is 14.2. The fourth-order valence-corrected chi connectivity index (χ4v) is 3.89. The molecule has 4 rings (SSSR count). The van der Waals surface area contributed by atoms with E-state index in [2.05, 4.69) is 16.3 Å². The molecule has 1 aliphatic heterocycles. The standard InChI is InChI=1S/C22H20N4O2S/c1-3-27-15-8-4-14(5-9-15)20-19-18(13-6-10-16(29-2)11-7-13)17(12-23)21(24)28-22(19)26-25-20/h4-11,18H,3,24H2,1-2H3,(H,25,26). The molecule has 3 N–H and O–H groups in total. The predicted octanol–water partition coefficient (Wildman–Crippen LogP) is 4.42. The average molecular weight is 404 g/mol. The third-order valence-corrected chi connectivity index (χ3v) is 5.59. The Balaban J connectivity index is 1.84. The molecular weight excluding hydrogens is 384 g/mol. The zero-order valence-electron chi connectivity index (χ0n) is 16.1. The Morgan fingerprint density at radius 2 is 1.93 bits per heavy atom. The molecule has 0 amide bonds. The van der Waals surface area contributed by atoms with Crippen LogP contribution in [0.5, 0.6) is 11.6 Å². The highest BCUT2D eigenvalue weighted by atomic mass is 32.2. The van der Waals surface area contributed by atoms with Gasteiger partial charge in [-0.05, 0) is 55.1 Å². The SMILES string of the molecule is CCOc1ccc(-c2[nH]nc3c2C(c2ccc(SC)cc2)C(C#N)=C(N)O3)cc1. The van der Waals surface area contributed by atoms with Crippen molar-refractivity contribution < 1.29 is 9.47 Å². The van der Waals surface area contributed by atoms with Crippen molar-refractivity contribution in [2.75, 3.05) is 12.9 Å². The lowest BCUT2D eigenvalue weighted by atomic mass is 9.83. The van der Waals surface area contributed by atoms with E-state index in [1.54, 1.807) is 11.8 Å². The normalized spacial score (nSPS) is 15.4. The van der Waals surface area contributed by atoms with Crippen LogP contribution < -0.4 is 15.2 Å². The number of fused-ring (bicyclic) bond motifs is 1. The number of rotatable bonds is 5. The average Bonchev–Trinajstić information content (AvgIpc) is 3.17. The minimum Gasteiger partial charge on any atom is -0.494 e. The predicted molar refractivity (Wildman–Crippen MR) is 113 cm³/mol. The molecule has 1 unspecified atom stereocenters. The molecule has 0 aliphatic carbocycles. The van der Waals surface area contributed by atoms with Crippen LogP contribution in [0.4, 0.5) is 0 Å². The topological polar surface area (TPSA) is 97.0 Å². The van der Waals surface area contributed by atoms with Gasteiger partial charge in [0.2, 0.25) is 11.8 Å². The highest BCUT2D eigenvalue weighted by molar-refractivity contribution is 7.98. The van der Waals surface area contributed by atoms with Crippen molar-refractivity contribution in [1.29, 1.82) is 5.26 Å². The molecule has 0 bridgehead atoms. The second-order valence-electron chi connectivity index (χ2n) is 6.47. The number of aromatic amines is 1. The molecule has 0 saturated heterocycles. The summed E-state index contributed by atoms with van der Waals surface area (Å²) < 4.78 is 11.2. The van der Waals surface area contributed by atoms with Crippen molar-refractivity contribution in [3.8, 4) is 29.0 Å². The minimum atomic E-state index is -0.361. The number of nitrogens with zero attached hydrogens (tertiary/aromatic N) is 2. The Hall–Kier alpha value is -3.37. The van der Waals surface area contributed by atoms with Gasteiger partial charge in [-0.3, -0.25) is 5.10 Å². The van der Waals surface area contributed by atoms with Gasteiger partial charge in [0.25, 0.3) is 0 Å². The summed E-state index contributed by atoms with van der Waals surface area (Å²) in [5, 5.41) is 17.2. The largest absolute Gasteiger partial charge is 0.494 e. The number of ether oxygens (including phenoxy) is 2. The summed E-state index contributed by atoms with van der Waals surface area (Å²) in [6, 6.07) is 18.1. The van der Waals surface area contributed by atoms with Crippen LogP contribution in [0, 0.1) is 11.3 Å². The lowest BCUT2D eigenvalue weighted by Gasteiger charge is -2.24. The van der Waals surface area contributed by atoms with Crippen LogP contribution in [0.3, 0.4) is 0 Å². The molecular formula is C22H20N4O2S. The molecule has 1 aromatic heterocycles. The van der Waals surface area contributed by atoms with Crippen LogP contribution >= 0.6 is 11.8 Å². The molecule has 146 valence electrons. The van der Waals surface area contributed by atoms with Gasteiger partial charge in [-0.2, -0.15) is 5.26 Å². The first kappa shape index (κ1) is 19.0. The lowest BCUT2D eigenvalue weighted by Crippen LogP contribution is -2.20. The van der Waals surface area contributed by atoms with E-state index in [1.807, 2.05) is 61.7 Å². The van der Waals surface area contributed by atoms with Gasteiger partial charge in [0, 0.05) is 10.5 Å². The smallest absolute Gasteiger partial charge is 0.244 e. The summed E-state index contributed by atoms with van der Waals surface area (Å²) in [6.07, 6.45) is 2.03. The third-order valence-electron chi connectivity index (χ3n) is 4.84. The van der Waals surface area contributed by atoms with E-state index in [1.165, 1.54) is 0 Å². The Kier molecular flexibility index (Phi) is 5.19. The van der Waals surface area contributed by atoms with Crippen LogP contribution in [0.15, 0.2) is 64.9 Å². The highest BCUT2D eigenvalue weighted by Crippen LogP contribution is 2.45. The molecule has 2 heterocycles. The monoisotopic (exact) mass is 404 g/mol. The Labute approximate surface area is 173 Å². The van der Waals surface area contributed by atoms with Gasteiger partial charge >= 0.3 is 0 Å². The van der Waals surface area contributed by atoms with Gasteiger partial charge in [0.1, 0.15) is 17.4 Å². The van der Waals surface area contributed by atoms with Crippen molar-refractivity contribution in [3.05, 3.63) is 71.1 Å². The summed E-state index contributed by atoms with van der Waals surface area (Å²) >= 11 is 1.67. The summed E-state index contributed by atoms with van der Waals surface area (Å²) in [5.74, 6) is 0.917. The molecule has 6 nitrogen and oxygen atoms in total. The van der Waals surface area contributed by atoms with Crippen LogP contribution in [-0.4, -0.2) is 23.1 Å². The maximum atomic E-state index is 9.79. The number of hydrogen-bond donors (Lipinski definition) is 2. The maximum Gasteiger partial charge on any atom is 0.244 e. The van der Waals surface area contributed by atoms with Crippen molar-refractivity contribution in [2.24, 2.45) is 5.73 Å². The minimum absolute atomic E-state index is 0.0867. The van der Waals surface area contributed by atoms with E-state index in [-0.39, 0.29) is 11.8 Å². The van der Waals surface area contributed by atoms with Crippen LogP contribution in [0.1, 0.15) is 24.0 Å². The van der Waals surface area contributed by atoms with Gasteiger partial charge in [-0.1, -0.05) is 12.1 Å². The molecule has 29 heavy (non-hydrogen) atoms. The van der Waals surface area contributed by atoms with Crippen molar-refractivity contribution >= 4 is 11.8 Å². The second-order valence-corrected chi connectivity index (χ2v) is 7.35. The number of nitrogens with two attached hydrogens (primary N) is 1. The van der Waals surface area contributed by atoms with Crippen molar-refractivity contribution in [3.63, 3.8) is 0 Å². The Bertz CT molecular complexity index is 1100. The second kappa shape index (κ2) is 7.94. The zero-order valence-corrected chi connectivity index (χ0v) is 16.9. The van der Waals surface area contributed by atoms with Crippen LogP contribution in [0.25, 0.3) is 11.3 Å². The van der Waals surface area contributed by atoms with Crippen LogP contribution in [0.2, 0.25) is 0 Å². The first-order valence-electron chi connectivity index (χ1n) is 9.19. The van der Waals surface area contributed by atoms with E-state index in [9.17, 15) is 5.26 Å². The maximum absolute atomic E-state index is 9.79. The number of benzene rings is 2. The molecule has 0 spiro atoms. The molecule has 3 aromatic rings. The van der Waals surface area contributed by atoms with E-state index in [4.69, 9.17) is 15.2 Å².